The molecule has 0 unspecified atom stereocenters. The Morgan fingerprint density at radius 2 is 1.86 bits per heavy atom. The summed E-state index contributed by atoms with van der Waals surface area (Å²) in [5.41, 5.74) is 0.742. The van der Waals surface area contributed by atoms with Gasteiger partial charge in [-0.2, -0.15) is 5.10 Å². The minimum Gasteiger partial charge on any atom is -0.497 e. The highest BCUT2D eigenvalue weighted by Gasteiger charge is 2.47. The molecule has 0 radical (unpaired) electrons. The summed E-state index contributed by atoms with van der Waals surface area (Å²) in [4.78, 5) is 25.1. The molecule has 0 aromatic heterocycles. The third kappa shape index (κ3) is 3.98. The standard InChI is InChI=1S/C21H23N3O4/c1-21(12-11-15-7-5-4-6-8-15)19(25)24(20(26)23-21)22-14-16-9-10-17(27-2)13-18(16)28-3/h4-10,13-14H,11-12H2,1-3H3,(H,23,26)/b22-14-/t21-/m0/s1. The number of carbonyl (C=O) groups is 2. The van der Waals surface area contributed by atoms with Crippen LogP contribution in [-0.4, -0.2) is 42.9 Å². The highest BCUT2D eigenvalue weighted by atomic mass is 16.5. The third-order valence-electron chi connectivity index (χ3n) is 4.75. The van der Waals surface area contributed by atoms with Crippen molar-refractivity contribution in [2.45, 2.75) is 25.3 Å². The fourth-order valence-corrected chi connectivity index (χ4v) is 3.03. The van der Waals surface area contributed by atoms with Gasteiger partial charge in [0.25, 0.3) is 5.91 Å². The van der Waals surface area contributed by atoms with Gasteiger partial charge in [-0.05, 0) is 37.5 Å². The Labute approximate surface area is 163 Å². The van der Waals surface area contributed by atoms with Crippen LogP contribution >= 0.6 is 0 Å². The summed E-state index contributed by atoms with van der Waals surface area (Å²) in [5.74, 6) is 0.789. The van der Waals surface area contributed by atoms with Crippen molar-refractivity contribution in [3.05, 3.63) is 59.7 Å². The van der Waals surface area contributed by atoms with E-state index in [1.807, 2.05) is 30.3 Å². The van der Waals surface area contributed by atoms with Crippen LogP contribution in [0.25, 0.3) is 0 Å². The molecule has 28 heavy (non-hydrogen) atoms. The number of carbonyl (C=O) groups excluding carboxylic acids is 2. The van der Waals surface area contributed by atoms with E-state index in [2.05, 4.69) is 10.4 Å². The lowest BCUT2D eigenvalue weighted by Gasteiger charge is -2.20. The summed E-state index contributed by atoms with van der Waals surface area (Å²) in [6.45, 7) is 1.72. The monoisotopic (exact) mass is 381 g/mol. The van der Waals surface area contributed by atoms with Gasteiger partial charge in [-0.1, -0.05) is 30.3 Å². The average molecular weight is 381 g/mol. The minimum atomic E-state index is -0.992. The van der Waals surface area contributed by atoms with Gasteiger partial charge in [0.2, 0.25) is 0 Å². The van der Waals surface area contributed by atoms with Crippen LogP contribution in [0.4, 0.5) is 4.79 Å². The van der Waals surface area contributed by atoms with Gasteiger partial charge in [-0.15, -0.1) is 5.01 Å². The Morgan fingerprint density at radius 3 is 2.54 bits per heavy atom. The van der Waals surface area contributed by atoms with E-state index in [0.717, 1.165) is 10.6 Å². The van der Waals surface area contributed by atoms with E-state index in [0.29, 0.717) is 29.9 Å². The number of urea groups is 1. The number of methoxy groups -OCH3 is 2. The van der Waals surface area contributed by atoms with Gasteiger partial charge in [0, 0.05) is 11.6 Å². The third-order valence-corrected chi connectivity index (χ3v) is 4.75. The normalized spacial score (nSPS) is 19.2. The van der Waals surface area contributed by atoms with Crippen LogP contribution < -0.4 is 14.8 Å². The van der Waals surface area contributed by atoms with Crippen LogP contribution in [-0.2, 0) is 11.2 Å². The number of nitrogens with one attached hydrogen (secondary N) is 1. The number of hydrazone groups is 1. The van der Waals surface area contributed by atoms with Gasteiger partial charge in [-0.25, -0.2) is 4.79 Å². The molecular weight excluding hydrogens is 358 g/mol. The predicted molar refractivity (Wildman–Crippen MR) is 106 cm³/mol. The number of hydrogen-bond donors (Lipinski definition) is 1. The first-order valence-corrected chi connectivity index (χ1v) is 8.93. The molecule has 0 bridgehead atoms. The van der Waals surface area contributed by atoms with Crippen molar-refractivity contribution in [3.8, 4) is 11.5 Å². The summed E-state index contributed by atoms with van der Waals surface area (Å²) in [7, 11) is 3.09. The van der Waals surface area contributed by atoms with Crippen molar-refractivity contribution in [2.24, 2.45) is 5.10 Å². The lowest BCUT2D eigenvalue weighted by molar-refractivity contribution is -0.130. The molecule has 3 amide bonds. The second kappa shape index (κ2) is 8.12. The maximum atomic E-state index is 12.8. The Kier molecular flexibility index (Phi) is 5.63. The fraction of sp³-hybridized carbons (Fsp3) is 0.286. The predicted octanol–water partition coefficient (Wildman–Crippen LogP) is 2.98. The number of rotatable bonds is 7. The zero-order chi connectivity index (χ0) is 20.1. The number of imide groups is 1. The quantitative estimate of drug-likeness (QED) is 0.591. The van der Waals surface area contributed by atoms with Gasteiger partial charge >= 0.3 is 6.03 Å². The first-order valence-electron chi connectivity index (χ1n) is 8.93. The van der Waals surface area contributed by atoms with E-state index in [1.54, 1.807) is 32.2 Å². The molecule has 1 aliphatic rings. The zero-order valence-corrected chi connectivity index (χ0v) is 16.1. The molecule has 1 atom stereocenters. The number of amides is 3. The van der Waals surface area contributed by atoms with Crippen molar-refractivity contribution in [2.75, 3.05) is 14.2 Å². The number of aryl methyl sites for hydroxylation is 1. The minimum absolute atomic E-state index is 0.378. The van der Waals surface area contributed by atoms with Gasteiger partial charge < -0.3 is 14.8 Å². The maximum absolute atomic E-state index is 12.8. The molecule has 0 spiro atoms. The second-order valence-corrected chi connectivity index (χ2v) is 6.72. The number of ether oxygens (including phenoxy) is 2. The Hall–Kier alpha value is -3.35. The molecule has 1 aliphatic heterocycles. The first-order chi connectivity index (χ1) is 13.5. The highest BCUT2D eigenvalue weighted by molar-refractivity contribution is 6.07. The van der Waals surface area contributed by atoms with Crippen molar-refractivity contribution in [1.82, 2.24) is 10.3 Å². The van der Waals surface area contributed by atoms with Crippen molar-refractivity contribution < 1.29 is 19.1 Å². The van der Waals surface area contributed by atoms with Crippen LogP contribution in [0.1, 0.15) is 24.5 Å². The molecule has 1 saturated heterocycles. The Balaban J connectivity index is 1.74. The lowest BCUT2D eigenvalue weighted by Crippen LogP contribution is -2.44. The maximum Gasteiger partial charge on any atom is 0.346 e. The average Bonchev–Trinajstić information content (AvgIpc) is 2.94. The van der Waals surface area contributed by atoms with Crippen LogP contribution in [0, 0.1) is 0 Å². The fourth-order valence-electron chi connectivity index (χ4n) is 3.03. The summed E-state index contributed by atoms with van der Waals surface area (Å²) >= 11 is 0. The molecule has 2 aromatic rings. The zero-order valence-electron chi connectivity index (χ0n) is 16.1. The molecule has 3 rings (SSSR count). The smallest absolute Gasteiger partial charge is 0.346 e. The summed E-state index contributed by atoms with van der Waals surface area (Å²) < 4.78 is 10.5. The molecule has 0 aliphatic carbocycles. The topological polar surface area (TPSA) is 80.2 Å². The molecule has 7 heteroatoms. The van der Waals surface area contributed by atoms with E-state index in [9.17, 15) is 9.59 Å². The van der Waals surface area contributed by atoms with E-state index < -0.39 is 11.6 Å². The Bertz CT molecular complexity index is 898. The highest BCUT2D eigenvalue weighted by Crippen LogP contribution is 2.25. The summed E-state index contributed by atoms with van der Waals surface area (Å²) in [5, 5.41) is 7.72. The van der Waals surface area contributed by atoms with Crippen LogP contribution in [0.15, 0.2) is 53.6 Å². The lowest BCUT2D eigenvalue weighted by atomic mass is 9.93. The SMILES string of the molecule is COc1ccc(/C=N\N2C(=O)N[C@@](C)(CCc3ccccc3)C2=O)c(OC)c1. The first kappa shape index (κ1) is 19.4. The molecular formula is C21H23N3O4. The van der Waals surface area contributed by atoms with E-state index >= 15 is 0 Å². The largest absolute Gasteiger partial charge is 0.497 e. The van der Waals surface area contributed by atoms with Crippen molar-refractivity contribution >= 4 is 18.2 Å². The van der Waals surface area contributed by atoms with Crippen LogP contribution in [0.5, 0.6) is 11.5 Å². The van der Waals surface area contributed by atoms with E-state index in [4.69, 9.17) is 9.47 Å². The van der Waals surface area contributed by atoms with Crippen LogP contribution in [0.2, 0.25) is 0 Å². The summed E-state index contributed by atoms with van der Waals surface area (Å²) in [6, 6.07) is 14.5. The molecule has 1 heterocycles. The van der Waals surface area contributed by atoms with Crippen LogP contribution in [0.3, 0.4) is 0 Å². The molecule has 1 N–H and O–H groups in total. The van der Waals surface area contributed by atoms with E-state index in [-0.39, 0.29) is 5.91 Å². The molecule has 146 valence electrons. The summed E-state index contributed by atoms with van der Waals surface area (Å²) in [6.07, 6.45) is 2.59. The number of benzene rings is 2. The van der Waals surface area contributed by atoms with Gasteiger partial charge in [0.15, 0.2) is 0 Å². The molecule has 0 saturated carbocycles. The Morgan fingerprint density at radius 1 is 1.11 bits per heavy atom. The second-order valence-electron chi connectivity index (χ2n) is 6.72. The van der Waals surface area contributed by atoms with Gasteiger partial charge in [0.05, 0.1) is 20.4 Å². The van der Waals surface area contributed by atoms with Gasteiger partial charge in [0.1, 0.15) is 17.0 Å². The number of nitrogens with zero attached hydrogens (tertiary/aromatic N) is 2. The molecule has 2 aromatic carbocycles. The van der Waals surface area contributed by atoms with Crippen molar-refractivity contribution in [1.29, 1.82) is 0 Å². The van der Waals surface area contributed by atoms with Crippen molar-refractivity contribution in [3.63, 3.8) is 0 Å². The van der Waals surface area contributed by atoms with E-state index in [1.165, 1.54) is 13.3 Å². The number of hydrogen-bond acceptors (Lipinski definition) is 5. The van der Waals surface area contributed by atoms with Gasteiger partial charge in [-0.3, -0.25) is 4.79 Å². The molecule has 7 nitrogen and oxygen atoms in total. The molecule has 1 fully saturated rings.